The first kappa shape index (κ1) is 15.4. The van der Waals surface area contributed by atoms with Crippen LogP contribution in [-0.4, -0.2) is 72.1 Å². The molecule has 0 saturated carbocycles. The van der Waals surface area contributed by atoms with E-state index in [4.69, 9.17) is 4.74 Å². The van der Waals surface area contributed by atoms with Crippen molar-refractivity contribution < 1.29 is 9.53 Å². The summed E-state index contributed by atoms with van der Waals surface area (Å²) in [7, 11) is 1.74. The van der Waals surface area contributed by atoms with Crippen molar-refractivity contribution in [2.24, 2.45) is 5.41 Å². The fourth-order valence-corrected chi connectivity index (χ4v) is 3.51. The Morgan fingerprint density at radius 1 is 1.32 bits per heavy atom. The lowest BCUT2D eigenvalue weighted by Gasteiger charge is -2.48. The van der Waals surface area contributed by atoms with Gasteiger partial charge >= 0.3 is 0 Å². The van der Waals surface area contributed by atoms with Gasteiger partial charge in [-0.15, -0.1) is 0 Å². The van der Waals surface area contributed by atoms with Crippen LogP contribution in [-0.2, 0) is 4.74 Å². The Balaban J connectivity index is 1.59. The number of likely N-dealkylation sites (tertiary alicyclic amines) is 2. The first-order valence-electron chi connectivity index (χ1n) is 7.83. The molecule has 1 aromatic heterocycles. The number of aromatic nitrogens is 2. The molecule has 3 rings (SSSR count). The molecule has 1 spiro atoms. The van der Waals surface area contributed by atoms with Gasteiger partial charge < -0.3 is 14.5 Å². The second kappa shape index (κ2) is 5.93. The summed E-state index contributed by atoms with van der Waals surface area (Å²) in [5.41, 5.74) is 2.61. The predicted molar refractivity (Wildman–Crippen MR) is 82.8 cm³/mol. The van der Waals surface area contributed by atoms with Crippen molar-refractivity contribution in [3.63, 3.8) is 0 Å². The zero-order valence-corrected chi connectivity index (χ0v) is 13.6. The van der Waals surface area contributed by atoms with E-state index in [9.17, 15) is 4.79 Å². The highest BCUT2D eigenvalue weighted by Gasteiger charge is 2.49. The Morgan fingerprint density at radius 3 is 2.82 bits per heavy atom. The fraction of sp³-hybridized carbons (Fsp3) is 0.688. The van der Waals surface area contributed by atoms with E-state index in [1.54, 1.807) is 7.11 Å². The molecule has 120 valence electrons. The third-order valence-electron chi connectivity index (χ3n) is 5.01. The third-order valence-corrected chi connectivity index (χ3v) is 5.01. The van der Waals surface area contributed by atoms with Gasteiger partial charge in [-0.2, -0.15) is 0 Å². The Morgan fingerprint density at radius 2 is 2.09 bits per heavy atom. The number of aryl methyl sites for hydroxylation is 1. The Kier molecular flexibility index (Phi) is 4.14. The van der Waals surface area contributed by atoms with Crippen LogP contribution < -0.4 is 0 Å². The van der Waals surface area contributed by atoms with Crippen molar-refractivity contribution >= 4 is 5.91 Å². The molecule has 0 bridgehead atoms. The topological polar surface area (TPSA) is 58.6 Å². The minimum absolute atomic E-state index is 0.0453. The van der Waals surface area contributed by atoms with Crippen LogP contribution in [0.5, 0.6) is 0 Å². The van der Waals surface area contributed by atoms with E-state index < -0.39 is 0 Å². The highest BCUT2D eigenvalue weighted by atomic mass is 16.5. The van der Waals surface area contributed by atoms with Crippen LogP contribution in [0.1, 0.15) is 28.2 Å². The molecular weight excluding hydrogens is 280 g/mol. The molecule has 2 fully saturated rings. The number of amides is 1. The highest BCUT2D eigenvalue weighted by molar-refractivity contribution is 5.94. The molecule has 0 atom stereocenters. The lowest BCUT2D eigenvalue weighted by molar-refractivity contribution is 0.00915. The zero-order chi connectivity index (χ0) is 15.7. The summed E-state index contributed by atoms with van der Waals surface area (Å²) >= 11 is 0. The number of nitrogens with zero attached hydrogens (tertiary/aromatic N) is 4. The molecule has 2 aliphatic heterocycles. The van der Waals surface area contributed by atoms with Gasteiger partial charge in [0.25, 0.3) is 5.91 Å². The maximum absolute atomic E-state index is 12.6. The molecule has 0 unspecified atom stereocenters. The third kappa shape index (κ3) is 2.73. The number of carbonyl (C=O) groups excluding carboxylic acids is 1. The second-order valence-electron chi connectivity index (χ2n) is 6.61. The normalized spacial score (nSPS) is 20.4. The molecule has 6 heteroatoms. The largest absolute Gasteiger partial charge is 0.383 e. The molecule has 0 N–H and O–H groups in total. The second-order valence-corrected chi connectivity index (χ2v) is 6.61. The maximum atomic E-state index is 12.6. The predicted octanol–water partition coefficient (Wildman–Crippen LogP) is 0.888. The molecular formula is C16H24N4O2. The van der Waals surface area contributed by atoms with Gasteiger partial charge in [0.15, 0.2) is 0 Å². The van der Waals surface area contributed by atoms with Crippen molar-refractivity contribution in [1.29, 1.82) is 0 Å². The first-order chi connectivity index (χ1) is 10.5. The average Bonchev–Trinajstić information content (AvgIpc) is 2.90. The minimum atomic E-state index is 0.0453. The van der Waals surface area contributed by atoms with Gasteiger partial charge in [-0.25, -0.2) is 9.97 Å². The van der Waals surface area contributed by atoms with E-state index in [1.807, 2.05) is 18.7 Å². The minimum Gasteiger partial charge on any atom is -0.383 e. The van der Waals surface area contributed by atoms with Crippen molar-refractivity contribution in [2.45, 2.75) is 20.3 Å². The molecule has 22 heavy (non-hydrogen) atoms. The average molecular weight is 304 g/mol. The fourth-order valence-electron chi connectivity index (χ4n) is 3.51. The summed E-state index contributed by atoms with van der Waals surface area (Å²) in [5.74, 6) is 0.0453. The summed E-state index contributed by atoms with van der Waals surface area (Å²) in [4.78, 5) is 25.3. The first-order valence-corrected chi connectivity index (χ1v) is 7.83. The summed E-state index contributed by atoms with van der Waals surface area (Å²) < 4.78 is 5.14. The Hall–Kier alpha value is -1.53. The molecule has 1 aromatic rings. The Labute approximate surface area is 131 Å². The van der Waals surface area contributed by atoms with Gasteiger partial charge in [-0.1, -0.05) is 0 Å². The molecule has 3 heterocycles. The quantitative estimate of drug-likeness (QED) is 0.827. The molecule has 0 aliphatic carbocycles. The van der Waals surface area contributed by atoms with E-state index in [-0.39, 0.29) is 5.91 Å². The van der Waals surface area contributed by atoms with Gasteiger partial charge in [-0.05, 0) is 26.8 Å². The van der Waals surface area contributed by atoms with Crippen LogP contribution >= 0.6 is 0 Å². The van der Waals surface area contributed by atoms with Crippen LogP contribution in [0.15, 0.2) is 6.33 Å². The van der Waals surface area contributed by atoms with E-state index in [2.05, 4.69) is 14.9 Å². The Bertz CT molecular complexity index is 569. The molecule has 2 aliphatic rings. The van der Waals surface area contributed by atoms with E-state index in [0.29, 0.717) is 11.1 Å². The van der Waals surface area contributed by atoms with Gasteiger partial charge in [0, 0.05) is 50.0 Å². The standard InChI is InChI=1S/C16H24N4O2/c1-12-13(2)17-11-18-14(12)15(21)20-9-16(10-20)4-5-19(8-16)6-7-22-3/h11H,4-10H2,1-3H3. The zero-order valence-electron chi connectivity index (χ0n) is 13.6. The van der Waals surface area contributed by atoms with Gasteiger partial charge in [0.05, 0.1) is 6.61 Å². The molecule has 1 amide bonds. The lowest BCUT2D eigenvalue weighted by Crippen LogP contribution is -2.59. The van der Waals surface area contributed by atoms with E-state index in [0.717, 1.165) is 50.6 Å². The molecule has 0 aromatic carbocycles. The van der Waals surface area contributed by atoms with Gasteiger partial charge in [0.1, 0.15) is 12.0 Å². The van der Waals surface area contributed by atoms with Crippen LogP contribution in [0.25, 0.3) is 0 Å². The summed E-state index contributed by atoms with van der Waals surface area (Å²) in [6.45, 7) is 9.46. The van der Waals surface area contributed by atoms with Crippen molar-refractivity contribution in [3.05, 3.63) is 23.3 Å². The van der Waals surface area contributed by atoms with E-state index >= 15 is 0 Å². The summed E-state index contributed by atoms with van der Waals surface area (Å²) in [5, 5.41) is 0. The molecule has 0 radical (unpaired) electrons. The van der Waals surface area contributed by atoms with E-state index in [1.165, 1.54) is 12.7 Å². The smallest absolute Gasteiger partial charge is 0.272 e. The van der Waals surface area contributed by atoms with Crippen LogP contribution in [0.4, 0.5) is 0 Å². The lowest BCUT2D eigenvalue weighted by atomic mass is 9.79. The van der Waals surface area contributed by atoms with Crippen molar-refractivity contribution in [2.75, 3.05) is 46.4 Å². The van der Waals surface area contributed by atoms with Crippen molar-refractivity contribution in [3.8, 4) is 0 Å². The number of hydrogen-bond donors (Lipinski definition) is 0. The number of carbonyl (C=O) groups is 1. The summed E-state index contributed by atoms with van der Waals surface area (Å²) in [6.07, 6.45) is 2.65. The number of methoxy groups -OCH3 is 1. The van der Waals surface area contributed by atoms with Gasteiger partial charge in [0.2, 0.25) is 0 Å². The van der Waals surface area contributed by atoms with Gasteiger partial charge in [-0.3, -0.25) is 4.79 Å². The summed E-state index contributed by atoms with van der Waals surface area (Å²) in [6, 6.07) is 0. The number of rotatable bonds is 4. The SMILES string of the molecule is COCCN1CCC2(C1)CN(C(=O)c1ncnc(C)c1C)C2. The van der Waals surface area contributed by atoms with Crippen LogP contribution in [0, 0.1) is 19.3 Å². The maximum Gasteiger partial charge on any atom is 0.272 e. The highest BCUT2D eigenvalue weighted by Crippen LogP contribution is 2.40. The van der Waals surface area contributed by atoms with Crippen LogP contribution in [0.3, 0.4) is 0 Å². The number of hydrogen-bond acceptors (Lipinski definition) is 5. The number of ether oxygens (including phenoxy) is 1. The molecule has 2 saturated heterocycles. The monoisotopic (exact) mass is 304 g/mol. The molecule has 6 nitrogen and oxygen atoms in total. The van der Waals surface area contributed by atoms with Crippen LogP contribution in [0.2, 0.25) is 0 Å². The van der Waals surface area contributed by atoms with Crippen molar-refractivity contribution in [1.82, 2.24) is 19.8 Å².